The molecule has 1 aromatic heterocycles. The van der Waals surface area contributed by atoms with Gasteiger partial charge in [-0.1, -0.05) is 30.1 Å². The average molecular weight is 309 g/mol. The normalized spacial score (nSPS) is 13.6. The molecule has 7 heteroatoms. The summed E-state index contributed by atoms with van der Waals surface area (Å²) in [5.41, 5.74) is -0.884. The summed E-state index contributed by atoms with van der Waals surface area (Å²) < 4.78 is 3.35. The second-order valence-electron chi connectivity index (χ2n) is 5.92. The third-order valence-electron chi connectivity index (χ3n) is 2.80. The van der Waals surface area contributed by atoms with Gasteiger partial charge in [0.15, 0.2) is 0 Å². The lowest BCUT2D eigenvalue weighted by molar-refractivity contribution is -0.873. The lowest BCUT2D eigenvalue weighted by atomic mass is 10.1. The minimum absolute atomic E-state index is 0.206. The molecule has 0 saturated carbocycles. The first kappa shape index (κ1) is 16.3. The zero-order valence-electron chi connectivity index (χ0n) is 11.9. The van der Waals surface area contributed by atoms with Gasteiger partial charge in [-0.25, -0.2) is 9.36 Å². The molecule has 19 heavy (non-hydrogen) atoms. The van der Waals surface area contributed by atoms with Gasteiger partial charge in [0.05, 0.1) is 34.2 Å². The molecule has 0 saturated heterocycles. The summed E-state index contributed by atoms with van der Waals surface area (Å²) in [6.45, 7) is 3.33. The van der Waals surface area contributed by atoms with Gasteiger partial charge in [0.2, 0.25) is 0 Å². The molecule has 0 radical (unpaired) electrons. The van der Waals surface area contributed by atoms with Crippen LogP contribution in [0.15, 0.2) is 9.59 Å². The smallest absolute Gasteiger partial charge is 0.285 e. The summed E-state index contributed by atoms with van der Waals surface area (Å²) in [5.74, 6) is 0.223. The minimum Gasteiger partial charge on any atom is -0.331 e. The SMILES string of the molecule is CC(Cn1c(=O)c(Cl)c(Cl)c(=O)n1C)C[N+](C)(C)C. The van der Waals surface area contributed by atoms with Crippen LogP contribution in [0.25, 0.3) is 0 Å². The Labute approximate surface area is 122 Å². The van der Waals surface area contributed by atoms with Crippen molar-refractivity contribution in [1.82, 2.24) is 9.36 Å². The summed E-state index contributed by atoms with van der Waals surface area (Å²) in [6.07, 6.45) is 0. The van der Waals surface area contributed by atoms with Crippen molar-refractivity contribution in [2.45, 2.75) is 13.5 Å². The molecule has 5 nitrogen and oxygen atoms in total. The van der Waals surface area contributed by atoms with E-state index in [-0.39, 0.29) is 16.0 Å². The first-order valence-electron chi connectivity index (χ1n) is 6.00. The van der Waals surface area contributed by atoms with Crippen molar-refractivity contribution in [2.24, 2.45) is 13.0 Å². The van der Waals surface area contributed by atoms with E-state index in [9.17, 15) is 9.59 Å². The third kappa shape index (κ3) is 3.84. The largest absolute Gasteiger partial charge is 0.331 e. The summed E-state index contributed by atoms with van der Waals surface area (Å²) in [6, 6.07) is 0. The van der Waals surface area contributed by atoms with E-state index in [1.807, 2.05) is 6.92 Å². The highest BCUT2D eigenvalue weighted by Gasteiger charge is 2.19. The predicted octanol–water partition coefficient (Wildman–Crippen LogP) is 1.20. The van der Waals surface area contributed by atoms with Crippen LogP contribution in [0, 0.1) is 5.92 Å². The number of aromatic nitrogens is 2. The van der Waals surface area contributed by atoms with Crippen LogP contribution in [0.4, 0.5) is 0 Å². The van der Waals surface area contributed by atoms with Crippen molar-refractivity contribution in [3.8, 4) is 0 Å². The highest BCUT2D eigenvalue weighted by atomic mass is 35.5. The van der Waals surface area contributed by atoms with Crippen LogP contribution in [0.3, 0.4) is 0 Å². The summed E-state index contributed by atoms with van der Waals surface area (Å²) >= 11 is 11.5. The first-order valence-corrected chi connectivity index (χ1v) is 6.75. The van der Waals surface area contributed by atoms with Crippen LogP contribution >= 0.6 is 23.2 Å². The van der Waals surface area contributed by atoms with E-state index in [2.05, 4.69) is 21.1 Å². The lowest BCUT2D eigenvalue weighted by Gasteiger charge is -2.28. The van der Waals surface area contributed by atoms with Gasteiger partial charge in [-0.05, 0) is 0 Å². The summed E-state index contributed by atoms with van der Waals surface area (Å²) in [7, 11) is 7.75. The fourth-order valence-electron chi connectivity index (χ4n) is 2.18. The number of hydrogen-bond acceptors (Lipinski definition) is 2. The maximum Gasteiger partial charge on any atom is 0.285 e. The number of quaternary nitrogens is 1. The number of rotatable bonds is 4. The molecule has 0 N–H and O–H groups in total. The van der Waals surface area contributed by atoms with Crippen molar-refractivity contribution in [2.75, 3.05) is 27.7 Å². The average Bonchev–Trinajstić information content (AvgIpc) is 2.27. The summed E-state index contributed by atoms with van der Waals surface area (Å²) in [5, 5.41) is -0.424. The molecule has 108 valence electrons. The van der Waals surface area contributed by atoms with E-state index in [0.29, 0.717) is 6.54 Å². The van der Waals surface area contributed by atoms with Crippen molar-refractivity contribution in [3.05, 3.63) is 30.8 Å². The quantitative estimate of drug-likeness (QED) is 0.785. The van der Waals surface area contributed by atoms with Gasteiger partial charge in [-0.15, -0.1) is 0 Å². The highest BCUT2D eigenvalue weighted by molar-refractivity contribution is 6.41. The Kier molecular flexibility index (Phi) is 4.87. The van der Waals surface area contributed by atoms with E-state index >= 15 is 0 Å². The topological polar surface area (TPSA) is 44.0 Å². The van der Waals surface area contributed by atoms with Gasteiger partial charge in [0.1, 0.15) is 10.0 Å². The van der Waals surface area contributed by atoms with Crippen LogP contribution in [0.5, 0.6) is 0 Å². The maximum absolute atomic E-state index is 12.0. The second-order valence-corrected chi connectivity index (χ2v) is 6.68. The van der Waals surface area contributed by atoms with Gasteiger partial charge >= 0.3 is 0 Å². The van der Waals surface area contributed by atoms with E-state index in [4.69, 9.17) is 23.2 Å². The molecule has 0 amide bonds. The molecule has 1 atom stereocenters. The van der Waals surface area contributed by atoms with Crippen LogP contribution < -0.4 is 11.1 Å². The van der Waals surface area contributed by atoms with E-state index in [0.717, 1.165) is 11.0 Å². The van der Waals surface area contributed by atoms with E-state index < -0.39 is 11.1 Å². The second kappa shape index (κ2) is 5.69. The van der Waals surface area contributed by atoms with Crippen molar-refractivity contribution < 1.29 is 4.48 Å². The Morgan fingerprint density at radius 1 is 1.11 bits per heavy atom. The van der Waals surface area contributed by atoms with Crippen molar-refractivity contribution >= 4 is 23.2 Å². The molecule has 0 aliphatic rings. The lowest BCUT2D eigenvalue weighted by Crippen LogP contribution is -2.43. The predicted molar refractivity (Wildman–Crippen MR) is 78.0 cm³/mol. The molecule has 0 aliphatic carbocycles. The zero-order valence-corrected chi connectivity index (χ0v) is 13.4. The number of halogens is 2. The zero-order chi connectivity index (χ0) is 15.0. The molecule has 0 aromatic carbocycles. The fraction of sp³-hybridized carbons (Fsp3) is 0.667. The van der Waals surface area contributed by atoms with Gasteiger partial charge in [0, 0.05) is 13.0 Å². The maximum atomic E-state index is 12.0. The number of hydrogen-bond donors (Lipinski definition) is 0. The Balaban J connectivity index is 3.17. The molecule has 0 bridgehead atoms. The Hall–Kier alpha value is -0.780. The molecular weight excluding hydrogens is 289 g/mol. The monoisotopic (exact) mass is 308 g/mol. The van der Waals surface area contributed by atoms with Gasteiger partial charge < -0.3 is 4.48 Å². The Bertz CT molecular complexity index is 584. The number of nitrogens with zero attached hydrogens (tertiary/aromatic N) is 3. The molecule has 0 fully saturated rings. The van der Waals surface area contributed by atoms with Crippen molar-refractivity contribution in [1.29, 1.82) is 0 Å². The first-order chi connectivity index (χ1) is 8.54. The molecule has 1 heterocycles. The summed E-state index contributed by atoms with van der Waals surface area (Å²) in [4.78, 5) is 23.9. The molecule has 1 rings (SSSR count). The highest BCUT2D eigenvalue weighted by Crippen LogP contribution is 2.12. The minimum atomic E-state index is -0.455. The Morgan fingerprint density at radius 3 is 2.05 bits per heavy atom. The van der Waals surface area contributed by atoms with Gasteiger partial charge in [0.25, 0.3) is 11.1 Å². The Morgan fingerprint density at radius 2 is 1.58 bits per heavy atom. The molecule has 1 aromatic rings. The van der Waals surface area contributed by atoms with Gasteiger partial charge in [-0.3, -0.25) is 9.59 Å². The van der Waals surface area contributed by atoms with Crippen LogP contribution in [-0.2, 0) is 13.6 Å². The van der Waals surface area contributed by atoms with Crippen LogP contribution in [0.1, 0.15) is 6.92 Å². The van der Waals surface area contributed by atoms with Gasteiger partial charge in [-0.2, -0.15) is 0 Å². The van der Waals surface area contributed by atoms with Crippen LogP contribution in [-0.4, -0.2) is 41.5 Å². The molecular formula is C12H20Cl2N3O2+. The molecule has 0 aliphatic heterocycles. The fourth-order valence-corrected chi connectivity index (χ4v) is 2.56. The van der Waals surface area contributed by atoms with E-state index in [1.54, 1.807) is 0 Å². The standard InChI is InChI=1S/C12H20Cl2N3O2/c1-8(7-17(3,4)5)6-16-12(19)10(14)9(13)11(18)15(16)2/h8H,6-7H2,1-5H3/q+1. The van der Waals surface area contributed by atoms with Crippen LogP contribution in [0.2, 0.25) is 10.0 Å². The molecule has 0 spiro atoms. The van der Waals surface area contributed by atoms with Crippen molar-refractivity contribution in [3.63, 3.8) is 0 Å². The third-order valence-corrected chi connectivity index (χ3v) is 3.60. The molecule has 1 unspecified atom stereocenters. The van der Waals surface area contributed by atoms with E-state index in [1.165, 1.54) is 16.4 Å².